The second kappa shape index (κ2) is 6.55. The quantitative estimate of drug-likeness (QED) is 0.670. The smallest absolute Gasteiger partial charge is 0.335 e. The minimum absolute atomic E-state index is 0.341. The van der Waals surface area contributed by atoms with Crippen molar-refractivity contribution in [1.29, 1.82) is 0 Å². The summed E-state index contributed by atoms with van der Waals surface area (Å²) in [6.07, 6.45) is 5.12. The molecule has 0 spiro atoms. The molecule has 1 N–H and O–H groups in total. The van der Waals surface area contributed by atoms with E-state index in [0.29, 0.717) is 28.2 Å². The van der Waals surface area contributed by atoms with Crippen LogP contribution >= 0.6 is 0 Å². The number of fused-ring (bicyclic) bond motifs is 1. The SMILES string of the molecule is C=C(c1ccc(C(=O)O)cc1)C1CC2C(CC1C)C(C)(C)CCC2(C)C. The average Bonchev–Trinajstić information content (AvgIpc) is 2.58. The fourth-order valence-corrected chi connectivity index (χ4v) is 5.67. The van der Waals surface area contributed by atoms with Crippen molar-refractivity contribution in [2.75, 3.05) is 0 Å². The van der Waals surface area contributed by atoms with Crippen LogP contribution in [0.4, 0.5) is 0 Å². The predicted octanol–water partition coefficient (Wildman–Crippen LogP) is 6.52. The van der Waals surface area contributed by atoms with E-state index in [0.717, 1.165) is 17.4 Å². The van der Waals surface area contributed by atoms with Gasteiger partial charge in [-0.25, -0.2) is 4.79 Å². The molecule has 0 amide bonds. The molecule has 0 aliphatic heterocycles. The largest absolute Gasteiger partial charge is 0.478 e. The molecule has 2 aliphatic rings. The predicted molar refractivity (Wildman–Crippen MR) is 108 cm³/mol. The number of hydrogen-bond acceptors (Lipinski definition) is 1. The van der Waals surface area contributed by atoms with E-state index in [-0.39, 0.29) is 0 Å². The van der Waals surface area contributed by atoms with Crippen molar-refractivity contribution in [2.45, 2.75) is 60.3 Å². The molecule has 3 rings (SSSR count). The highest BCUT2D eigenvalue weighted by Gasteiger charge is 2.51. The molecule has 142 valence electrons. The van der Waals surface area contributed by atoms with E-state index in [1.807, 2.05) is 12.1 Å². The second-order valence-electron chi connectivity index (χ2n) is 10.2. The Morgan fingerprint density at radius 3 is 1.92 bits per heavy atom. The zero-order chi connectivity index (χ0) is 19.3. The summed E-state index contributed by atoms with van der Waals surface area (Å²) >= 11 is 0. The number of rotatable bonds is 3. The molecule has 26 heavy (non-hydrogen) atoms. The monoisotopic (exact) mass is 354 g/mol. The number of carboxylic acid groups (broad SMARTS) is 1. The zero-order valence-corrected chi connectivity index (χ0v) is 17.0. The van der Waals surface area contributed by atoms with Gasteiger partial charge in [0, 0.05) is 0 Å². The average molecular weight is 355 g/mol. The third kappa shape index (κ3) is 3.35. The molecular weight excluding hydrogens is 320 g/mol. The third-order valence-corrected chi connectivity index (χ3v) is 7.68. The minimum atomic E-state index is -0.873. The van der Waals surface area contributed by atoms with Gasteiger partial charge < -0.3 is 5.11 Å². The molecule has 1 aromatic carbocycles. The topological polar surface area (TPSA) is 37.3 Å². The molecule has 0 saturated heterocycles. The van der Waals surface area contributed by atoms with E-state index in [1.165, 1.54) is 31.3 Å². The summed E-state index contributed by atoms with van der Waals surface area (Å²) in [6, 6.07) is 7.26. The summed E-state index contributed by atoms with van der Waals surface area (Å²) in [6.45, 7) is 16.7. The lowest BCUT2D eigenvalue weighted by Gasteiger charge is -2.57. The van der Waals surface area contributed by atoms with Gasteiger partial charge in [-0.15, -0.1) is 0 Å². The van der Waals surface area contributed by atoms with Gasteiger partial charge in [0.25, 0.3) is 0 Å². The standard InChI is InChI=1S/C24H34O2/c1-15-13-20-21(24(5,6)12-11-23(20,3)4)14-19(15)16(2)17-7-9-18(10-8-17)22(25)26/h7-10,15,19-21H,2,11-14H2,1,3-6H3,(H,25,26). The lowest BCUT2D eigenvalue weighted by atomic mass is 9.48. The number of carboxylic acids is 1. The molecule has 2 heteroatoms. The molecule has 2 aliphatic carbocycles. The van der Waals surface area contributed by atoms with Crippen LogP contribution in [0.5, 0.6) is 0 Å². The second-order valence-corrected chi connectivity index (χ2v) is 10.2. The van der Waals surface area contributed by atoms with Crippen molar-refractivity contribution in [3.63, 3.8) is 0 Å². The number of benzene rings is 1. The van der Waals surface area contributed by atoms with Crippen LogP contribution in [0.2, 0.25) is 0 Å². The molecule has 0 bridgehead atoms. The summed E-state index contributed by atoms with van der Waals surface area (Å²) in [5.41, 5.74) is 3.45. The normalized spacial score (nSPS) is 32.5. The molecule has 2 fully saturated rings. The first-order valence-electron chi connectivity index (χ1n) is 10.1. The highest BCUT2D eigenvalue weighted by Crippen LogP contribution is 2.60. The van der Waals surface area contributed by atoms with Crippen molar-refractivity contribution >= 4 is 11.5 Å². The Kier molecular flexibility index (Phi) is 4.83. The van der Waals surface area contributed by atoms with E-state index in [9.17, 15) is 4.79 Å². The van der Waals surface area contributed by atoms with Gasteiger partial charge in [0.05, 0.1) is 5.56 Å². The number of carbonyl (C=O) groups is 1. The first-order valence-corrected chi connectivity index (χ1v) is 10.1. The lowest BCUT2D eigenvalue weighted by Crippen LogP contribution is -2.49. The molecule has 4 atom stereocenters. The summed E-state index contributed by atoms with van der Waals surface area (Å²) in [7, 11) is 0. The molecule has 0 radical (unpaired) electrons. The maximum Gasteiger partial charge on any atom is 0.335 e. The zero-order valence-electron chi connectivity index (χ0n) is 17.0. The Morgan fingerprint density at radius 2 is 1.42 bits per heavy atom. The molecular formula is C24H34O2. The van der Waals surface area contributed by atoms with E-state index in [1.54, 1.807) is 12.1 Å². The summed E-state index contributed by atoms with van der Waals surface area (Å²) in [4.78, 5) is 11.1. The van der Waals surface area contributed by atoms with Gasteiger partial charge in [-0.2, -0.15) is 0 Å². The minimum Gasteiger partial charge on any atom is -0.478 e. The molecule has 2 saturated carbocycles. The van der Waals surface area contributed by atoms with Crippen LogP contribution in [0.1, 0.15) is 76.2 Å². The fraction of sp³-hybridized carbons (Fsp3) is 0.625. The van der Waals surface area contributed by atoms with Crippen LogP contribution in [-0.4, -0.2) is 11.1 Å². The summed E-state index contributed by atoms with van der Waals surface area (Å²) < 4.78 is 0. The van der Waals surface area contributed by atoms with E-state index < -0.39 is 5.97 Å². The van der Waals surface area contributed by atoms with Gasteiger partial charge in [0.2, 0.25) is 0 Å². The summed E-state index contributed by atoms with van der Waals surface area (Å²) in [5, 5.41) is 9.12. The van der Waals surface area contributed by atoms with Gasteiger partial charge in [0.15, 0.2) is 0 Å². The lowest BCUT2D eigenvalue weighted by molar-refractivity contribution is -0.0665. The Bertz CT molecular complexity index is 695. The first kappa shape index (κ1) is 19.2. The van der Waals surface area contributed by atoms with Crippen molar-refractivity contribution < 1.29 is 9.90 Å². The fourth-order valence-electron chi connectivity index (χ4n) is 5.67. The molecule has 0 aromatic heterocycles. The van der Waals surface area contributed by atoms with Crippen molar-refractivity contribution in [2.24, 2.45) is 34.5 Å². The number of aromatic carboxylic acids is 1. The van der Waals surface area contributed by atoms with Crippen molar-refractivity contribution in [1.82, 2.24) is 0 Å². The maximum absolute atomic E-state index is 11.1. The number of hydrogen-bond donors (Lipinski definition) is 1. The van der Waals surface area contributed by atoms with Gasteiger partial charge in [-0.1, -0.05) is 53.3 Å². The van der Waals surface area contributed by atoms with Crippen LogP contribution in [0, 0.1) is 34.5 Å². The molecule has 4 unspecified atom stereocenters. The molecule has 0 heterocycles. The highest BCUT2D eigenvalue weighted by molar-refractivity contribution is 5.88. The van der Waals surface area contributed by atoms with Crippen molar-refractivity contribution in [3.05, 3.63) is 42.0 Å². The van der Waals surface area contributed by atoms with Crippen LogP contribution in [-0.2, 0) is 0 Å². The van der Waals surface area contributed by atoms with E-state index in [4.69, 9.17) is 5.11 Å². The van der Waals surface area contributed by atoms with Gasteiger partial charge in [-0.3, -0.25) is 0 Å². The summed E-state index contributed by atoms with van der Waals surface area (Å²) in [5.74, 6) is 1.76. The van der Waals surface area contributed by atoms with Crippen LogP contribution in [0.15, 0.2) is 30.8 Å². The molecule has 1 aromatic rings. The van der Waals surface area contributed by atoms with Gasteiger partial charge in [0.1, 0.15) is 0 Å². The van der Waals surface area contributed by atoms with E-state index >= 15 is 0 Å². The third-order valence-electron chi connectivity index (χ3n) is 7.68. The Hall–Kier alpha value is -1.57. The van der Waals surface area contributed by atoms with Crippen molar-refractivity contribution in [3.8, 4) is 0 Å². The Morgan fingerprint density at radius 1 is 0.962 bits per heavy atom. The molecule has 2 nitrogen and oxygen atoms in total. The van der Waals surface area contributed by atoms with Crippen LogP contribution in [0.3, 0.4) is 0 Å². The van der Waals surface area contributed by atoms with Crippen LogP contribution < -0.4 is 0 Å². The van der Waals surface area contributed by atoms with Gasteiger partial charge in [-0.05, 0) is 83.5 Å². The Labute approximate surface area is 158 Å². The van der Waals surface area contributed by atoms with Gasteiger partial charge >= 0.3 is 5.97 Å². The Balaban J connectivity index is 1.84. The first-order chi connectivity index (χ1) is 12.0. The number of allylic oxidation sites excluding steroid dienone is 1. The highest BCUT2D eigenvalue weighted by atomic mass is 16.4. The van der Waals surface area contributed by atoms with Crippen LogP contribution in [0.25, 0.3) is 5.57 Å². The van der Waals surface area contributed by atoms with E-state index in [2.05, 4.69) is 41.2 Å². The maximum atomic E-state index is 11.1.